The Labute approximate surface area is 130 Å². The molecule has 1 unspecified atom stereocenters. The van der Waals surface area contributed by atoms with Crippen LogP contribution in [0.15, 0.2) is 35.7 Å². The van der Waals surface area contributed by atoms with Crippen LogP contribution in [0.25, 0.3) is 0 Å². The summed E-state index contributed by atoms with van der Waals surface area (Å²) in [4.78, 5) is 14.7. The molecule has 98 valence electrons. The lowest BCUT2D eigenvalue weighted by Crippen LogP contribution is -2.41. The number of benzene rings is 1. The Balaban J connectivity index is 2.02. The van der Waals surface area contributed by atoms with Gasteiger partial charge in [0.2, 0.25) is 0 Å². The lowest BCUT2D eigenvalue weighted by molar-refractivity contribution is 0.0975. The first-order valence-electron chi connectivity index (χ1n) is 6.32. The summed E-state index contributed by atoms with van der Waals surface area (Å²) in [5, 5.41) is 1.95. The summed E-state index contributed by atoms with van der Waals surface area (Å²) in [7, 11) is 0. The first-order chi connectivity index (χ1) is 9.16. The van der Waals surface area contributed by atoms with E-state index in [2.05, 4.69) is 41.6 Å². The molecule has 0 aliphatic carbocycles. The zero-order chi connectivity index (χ0) is 13.4. The van der Waals surface area contributed by atoms with E-state index in [1.54, 1.807) is 11.3 Å². The number of amides is 1. The van der Waals surface area contributed by atoms with Crippen LogP contribution in [0.4, 0.5) is 5.69 Å². The number of hydrogen-bond donors (Lipinski definition) is 0. The molecule has 0 fully saturated rings. The molecule has 1 atom stereocenters. The van der Waals surface area contributed by atoms with Gasteiger partial charge in [-0.3, -0.25) is 4.79 Å². The molecule has 3 rings (SSSR count). The van der Waals surface area contributed by atoms with Gasteiger partial charge in [-0.25, -0.2) is 0 Å². The van der Waals surface area contributed by atoms with Gasteiger partial charge in [0.15, 0.2) is 0 Å². The lowest BCUT2D eigenvalue weighted by Gasteiger charge is -2.35. The van der Waals surface area contributed by atoms with Crippen molar-refractivity contribution < 1.29 is 4.79 Å². The standard InChI is InChI=1S/C15H14INOS/c1-10-6-7-11-4-2-3-5-13(11)17(10)15(18)12-8-14(16)19-9-12/h2-5,8-10H,6-7H2,1H3. The monoisotopic (exact) mass is 383 g/mol. The van der Waals surface area contributed by atoms with Crippen molar-refractivity contribution in [2.24, 2.45) is 0 Å². The predicted molar refractivity (Wildman–Crippen MR) is 88.1 cm³/mol. The fraction of sp³-hybridized carbons (Fsp3) is 0.267. The van der Waals surface area contributed by atoms with Gasteiger partial charge in [-0.15, -0.1) is 11.3 Å². The Morgan fingerprint density at radius 2 is 2.21 bits per heavy atom. The quantitative estimate of drug-likeness (QED) is 0.672. The van der Waals surface area contributed by atoms with Crippen molar-refractivity contribution in [3.05, 3.63) is 49.7 Å². The first kappa shape index (κ1) is 13.1. The number of rotatable bonds is 1. The van der Waals surface area contributed by atoms with Gasteiger partial charge < -0.3 is 4.90 Å². The molecule has 1 aliphatic heterocycles. The molecule has 0 radical (unpaired) electrons. The van der Waals surface area contributed by atoms with E-state index in [9.17, 15) is 4.79 Å². The molecule has 1 aromatic carbocycles. The van der Waals surface area contributed by atoms with E-state index in [0.29, 0.717) is 0 Å². The molecule has 19 heavy (non-hydrogen) atoms. The second-order valence-corrected chi connectivity index (χ2v) is 7.64. The maximum atomic E-state index is 12.7. The summed E-state index contributed by atoms with van der Waals surface area (Å²) in [6.07, 6.45) is 2.09. The normalized spacial score (nSPS) is 18.2. The maximum absolute atomic E-state index is 12.7. The maximum Gasteiger partial charge on any atom is 0.259 e. The molecule has 1 aliphatic rings. The third kappa shape index (κ3) is 2.43. The number of carbonyl (C=O) groups excluding carboxylic acids is 1. The van der Waals surface area contributed by atoms with Crippen molar-refractivity contribution in [3.8, 4) is 0 Å². The van der Waals surface area contributed by atoms with Gasteiger partial charge in [0.05, 0.1) is 8.45 Å². The summed E-state index contributed by atoms with van der Waals surface area (Å²) >= 11 is 3.88. The van der Waals surface area contributed by atoms with E-state index < -0.39 is 0 Å². The van der Waals surface area contributed by atoms with Crippen LogP contribution in [0.1, 0.15) is 29.3 Å². The van der Waals surface area contributed by atoms with Gasteiger partial charge >= 0.3 is 0 Å². The van der Waals surface area contributed by atoms with Crippen molar-refractivity contribution in [2.45, 2.75) is 25.8 Å². The van der Waals surface area contributed by atoms with Crippen LogP contribution in [0.5, 0.6) is 0 Å². The highest BCUT2D eigenvalue weighted by Gasteiger charge is 2.29. The minimum atomic E-state index is 0.124. The SMILES string of the molecule is CC1CCc2ccccc2N1C(=O)c1csc(I)c1. The Morgan fingerprint density at radius 3 is 2.95 bits per heavy atom. The molecule has 0 N–H and O–H groups in total. The second-order valence-electron chi connectivity index (χ2n) is 4.83. The predicted octanol–water partition coefficient (Wildman–Crippen LogP) is 4.33. The molecule has 0 bridgehead atoms. The second kappa shape index (κ2) is 5.25. The highest BCUT2D eigenvalue weighted by Crippen LogP contribution is 2.32. The molecule has 4 heteroatoms. The van der Waals surface area contributed by atoms with Crippen LogP contribution in [0, 0.1) is 2.88 Å². The third-order valence-corrected chi connectivity index (χ3v) is 5.35. The third-order valence-electron chi connectivity index (χ3n) is 3.56. The molecule has 0 saturated carbocycles. The molecule has 2 heterocycles. The smallest absolute Gasteiger partial charge is 0.259 e. The summed E-state index contributed by atoms with van der Waals surface area (Å²) in [6.45, 7) is 2.13. The minimum Gasteiger partial charge on any atom is -0.305 e. The zero-order valence-electron chi connectivity index (χ0n) is 10.6. The fourth-order valence-corrected chi connectivity index (χ4v) is 3.88. The van der Waals surface area contributed by atoms with Gasteiger partial charge in [-0.1, -0.05) is 18.2 Å². The lowest BCUT2D eigenvalue weighted by atomic mass is 9.96. The minimum absolute atomic E-state index is 0.124. The zero-order valence-corrected chi connectivity index (χ0v) is 13.6. The van der Waals surface area contributed by atoms with Crippen LogP contribution in [0.3, 0.4) is 0 Å². The van der Waals surface area contributed by atoms with Gasteiger partial charge in [-0.2, -0.15) is 0 Å². The number of para-hydroxylation sites is 1. The number of anilines is 1. The van der Waals surface area contributed by atoms with Crippen LogP contribution >= 0.6 is 33.9 Å². The van der Waals surface area contributed by atoms with E-state index in [1.807, 2.05) is 28.5 Å². The Kier molecular flexibility index (Phi) is 3.62. The van der Waals surface area contributed by atoms with Gasteiger partial charge in [-0.05, 0) is 60.1 Å². The van der Waals surface area contributed by atoms with E-state index in [1.165, 1.54) is 5.56 Å². The highest BCUT2D eigenvalue weighted by atomic mass is 127. The number of fused-ring (bicyclic) bond motifs is 1. The van der Waals surface area contributed by atoms with Gasteiger partial charge in [0.25, 0.3) is 5.91 Å². The molecule has 1 amide bonds. The average molecular weight is 383 g/mol. The van der Waals surface area contributed by atoms with Gasteiger partial charge in [0.1, 0.15) is 0 Å². The van der Waals surface area contributed by atoms with Gasteiger partial charge in [0, 0.05) is 17.1 Å². The summed E-state index contributed by atoms with van der Waals surface area (Å²) in [5.41, 5.74) is 3.16. The van der Waals surface area contributed by atoms with Crippen molar-refractivity contribution in [2.75, 3.05) is 4.90 Å². The number of thiophene rings is 1. The van der Waals surface area contributed by atoms with E-state index in [-0.39, 0.29) is 11.9 Å². The van der Waals surface area contributed by atoms with E-state index >= 15 is 0 Å². The molecule has 1 aromatic heterocycles. The Bertz CT molecular complexity index is 622. The van der Waals surface area contributed by atoms with Crippen LogP contribution in [-0.2, 0) is 6.42 Å². The molecule has 0 saturated heterocycles. The largest absolute Gasteiger partial charge is 0.305 e. The van der Waals surface area contributed by atoms with Crippen molar-refractivity contribution in [1.82, 2.24) is 0 Å². The van der Waals surface area contributed by atoms with Crippen molar-refractivity contribution in [3.63, 3.8) is 0 Å². The number of aryl methyl sites for hydroxylation is 1. The average Bonchev–Trinajstić information content (AvgIpc) is 2.85. The molecular formula is C15H14INOS. The fourth-order valence-electron chi connectivity index (χ4n) is 2.56. The van der Waals surface area contributed by atoms with Crippen LogP contribution < -0.4 is 4.90 Å². The number of carbonyl (C=O) groups is 1. The summed E-state index contributed by atoms with van der Waals surface area (Å²) in [6, 6.07) is 10.5. The molecule has 2 aromatic rings. The van der Waals surface area contributed by atoms with Crippen LogP contribution in [0.2, 0.25) is 0 Å². The summed E-state index contributed by atoms with van der Waals surface area (Å²) in [5.74, 6) is 0.124. The number of nitrogens with zero attached hydrogens (tertiary/aromatic N) is 1. The van der Waals surface area contributed by atoms with E-state index in [0.717, 1.165) is 27.0 Å². The Morgan fingerprint density at radius 1 is 1.42 bits per heavy atom. The van der Waals surface area contributed by atoms with E-state index in [4.69, 9.17) is 0 Å². The van der Waals surface area contributed by atoms with Crippen LogP contribution in [-0.4, -0.2) is 11.9 Å². The van der Waals surface area contributed by atoms with Crippen molar-refractivity contribution in [1.29, 1.82) is 0 Å². The Hall–Kier alpha value is -0.880. The molecular weight excluding hydrogens is 369 g/mol. The molecule has 2 nitrogen and oxygen atoms in total. The highest BCUT2D eigenvalue weighted by molar-refractivity contribution is 14.1. The number of hydrogen-bond acceptors (Lipinski definition) is 2. The van der Waals surface area contributed by atoms with Crippen molar-refractivity contribution >= 4 is 45.5 Å². The summed E-state index contributed by atoms with van der Waals surface area (Å²) < 4.78 is 1.15. The number of halogens is 1. The first-order valence-corrected chi connectivity index (χ1v) is 8.28. The molecule has 0 spiro atoms. The topological polar surface area (TPSA) is 20.3 Å².